The fourth-order valence-electron chi connectivity index (χ4n) is 1.90. The summed E-state index contributed by atoms with van der Waals surface area (Å²) < 4.78 is 2.09. The van der Waals surface area contributed by atoms with Crippen molar-refractivity contribution < 1.29 is 0 Å². The molecule has 0 bridgehead atoms. The van der Waals surface area contributed by atoms with E-state index >= 15 is 0 Å². The lowest BCUT2D eigenvalue weighted by Gasteiger charge is -2.24. The van der Waals surface area contributed by atoms with Crippen LogP contribution in [0.1, 0.15) is 26.3 Å². The van der Waals surface area contributed by atoms with Crippen LogP contribution in [-0.2, 0) is 13.6 Å². The monoisotopic (exact) mass is 223 g/mol. The molecule has 0 saturated carbocycles. The Hall–Kier alpha value is -0.800. The van der Waals surface area contributed by atoms with E-state index < -0.39 is 0 Å². The number of aromatic nitrogens is 1. The minimum Gasteiger partial charge on any atom is -0.357 e. The van der Waals surface area contributed by atoms with Crippen LogP contribution in [0.3, 0.4) is 0 Å². The van der Waals surface area contributed by atoms with Crippen LogP contribution in [0.4, 0.5) is 0 Å². The van der Waals surface area contributed by atoms with Gasteiger partial charge in [-0.2, -0.15) is 0 Å². The molecule has 16 heavy (non-hydrogen) atoms. The van der Waals surface area contributed by atoms with Crippen molar-refractivity contribution in [2.45, 2.75) is 33.4 Å². The number of hydrogen-bond acceptors (Lipinski definition) is 2. The number of likely N-dealkylation sites (N-methyl/N-ethyl adjacent to an activating group) is 1. The third-order valence-electron chi connectivity index (χ3n) is 2.93. The molecule has 0 aromatic carbocycles. The number of nitrogens with zero attached hydrogens (tertiary/aromatic N) is 2. The summed E-state index contributed by atoms with van der Waals surface area (Å²) in [5.41, 5.74) is 1.36. The van der Waals surface area contributed by atoms with Crippen molar-refractivity contribution in [1.82, 2.24) is 14.8 Å². The van der Waals surface area contributed by atoms with Gasteiger partial charge in [-0.1, -0.05) is 6.92 Å². The first-order valence-corrected chi connectivity index (χ1v) is 6.19. The summed E-state index contributed by atoms with van der Waals surface area (Å²) in [6.07, 6.45) is 4.25. The molecular weight excluding hydrogens is 198 g/mol. The molecule has 92 valence electrons. The fourth-order valence-corrected chi connectivity index (χ4v) is 1.90. The second-order valence-corrected chi connectivity index (χ2v) is 4.58. The lowest BCUT2D eigenvalue weighted by atomic mass is 10.3. The van der Waals surface area contributed by atoms with E-state index in [1.807, 2.05) is 0 Å². The Morgan fingerprint density at radius 1 is 1.44 bits per heavy atom. The van der Waals surface area contributed by atoms with Gasteiger partial charge in [-0.25, -0.2) is 0 Å². The van der Waals surface area contributed by atoms with Gasteiger partial charge in [0, 0.05) is 45.1 Å². The van der Waals surface area contributed by atoms with Gasteiger partial charge in [-0.3, -0.25) is 4.90 Å². The smallest absolute Gasteiger partial charge is 0.0221 e. The van der Waals surface area contributed by atoms with Gasteiger partial charge < -0.3 is 9.88 Å². The third kappa shape index (κ3) is 4.37. The SMILES string of the molecule is CCN(CCNCc1ccn(C)c1)C(C)C. The molecule has 0 unspecified atom stereocenters. The zero-order chi connectivity index (χ0) is 12.0. The molecule has 0 radical (unpaired) electrons. The van der Waals surface area contributed by atoms with Gasteiger partial charge in [-0.05, 0) is 32.0 Å². The molecule has 0 aliphatic heterocycles. The Labute approximate surface area is 99.4 Å². The lowest BCUT2D eigenvalue weighted by molar-refractivity contribution is 0.233. The molecule has 0 fully saturated rings. The summed E-state index contributed by atoms with van der Waals surface area (Å²) in [5, 5.41) is 3.48. The van der Waals surface area contributed by atoms with Crippen molar-refractivity contribution in [3.8, 4) is 0 Å². The van der Waals surface area contributed by atoms with Crippen molar-refractivity contribution in [3.63, 3.8) is 0 Å². The molecule has 3 nitrogen and oxygen atoms in total. The first kappa shape index (κ1) is 13.3. The molecule has 1 rings (SSSR count). The number of nitrogens with one attached hydrogen (secondary N) is 1. The Morgan fingerprint density at radius 3 is 2.69 bits per heavy atom. The molecule has 1 aromatic heterocycles. The topological polar surface area (TPSA) is 20.2 Å². The van der Waals surface area contributed by atoms with Gasteiger partial charge in [0.15, 0.2) is 0 Å². The second-order valence-electron chi connectivity index (χ2n) is 4.58. The van der Waals surface area contributed by atoms with E-state index in [0.717, 1.165) is 26.2 Å². The fraction of sp³-hybridized carbons (Fsp3) is 0.692. The molecule has 0 aliphatic carbocycles. The molecular formula is C13H25N3. The van der Waals surface area contributed by atoms with Crippen LogP contribution >= 0.6 is 0 Å². The molecule has 0 atom stereocenters. The van der Waals surface area contributed by atoms with E-state index in [9.17, 15) is 0 Å². The Balaban J connectivity index is 2.16. The number of aryl methyl sites for hydroxylation is 1. The first-order chi connectivity index (χ1) is 7.63. The summed E-state index contributed by atoms with van der Waals surface area (Å²) in [6.45, 7) is 11.0. The van der Waals surface area contributed by atoms with Gasteiger partial charge in [0.25, 0.3) is 0 Å². The van der Waals surface area contributed by atoms with E-state index in [4.69, 9.17) is 0 Å². The largest absolute Gasteiger partial charge is 0.357 e. The molecule has 0 spiro atoms. The zero-order valence-electron chi connectivity index (χ0n) is 11.0. The van der Waals surface area contributed by atoms with Gasteiger partial charge in [0.1, 0.15) is 0 Å². The highest BCUT2D eigenvalue weighted by molar-refractivity contribution is 5.09. The maximum absolute atomic E-state index is 3.48. The second kappa shape index (κ2) is 6.71. The average molecular weight is 223 g/mol. The van der Waals surface area contributed by atoms with Crippen LogP contribution in [0.5, 0.6) is 0 Å². The van der Waals surface area contributed by atoms with Crippen LogP contribution in [0, 0.1) is 0 Å². The van der Waals surface area contributed by atoms with Crippen LogP contribution < -0.4 is 5.32 Å². The molecule has 1 heterocycles. The lowest BCUT2D eigenvalue weighted by Crippen LogP contribution is -2.36. The van der Waals surface area contributed by atoms with E-state index in [1.54, 1.807) is 0 Å². The number of hydrogen-bond donors (Lipinski definition) is 1. The summed E-state index contributed by atoms with van der Waals surface area (Å²) in [5.74, 6) is 0. The standard InChI is InChI=1S/C13H25N3/c1-5-16(12(2)3)9-7-14-10-13-6-8-15(4)11-13/h6,8,11-12,14H,5,7,9-10H2,1-4H3. The summed E-state index contributed by atoms with van der Waals surface area (Å²) in [6, 6.07) is 2.80. The highest BCUT2D eigenvalue weighted by Gasteiger charge is 2.05. The molecule has 0 aliphatic rings. The van der Waals surface area contributed by atoms with Crippen molar-refractivity contribution in [3.05, 3.63) is 24.0 Å². The van der Waals surface area contributed by atoms with Crippen molar-refractivity contribution in [2.24, 2.45) is 7.05 Å². The van der Waals surface area contributed by atoms with Crippen LogP contribution in [0.2, 0.25) is 0 Å². The van der Waals surface area contributed by atoms with Crippen molar-refractivity contribution in [2.75, 3.05) is 19.6 Å². The van der Waals surface area contributed by atoms with Crippen molar-refractivity contribution >= 4 is 0 Å². The van der Waals surface area contributed by atoms with Crippen LogP contribution in [0.15, 0.2) is 18.5 Å². The van der Waals surface area contributed by atoms with Gasteiger partial charge in [-0.15, -0.1) is 0 Å². The predicted octanol–water partition coefficient (Wildman–Crippen LogP) is 1.84. The molecule has 0 amide bonds. The minimum absolute atomic E-state index is 0.642. The molecule has 3 heteroatoms. The Morgan fingerprint density at radius 2 is 2.19 bits per heavy atom. The van der Waals surface area contributed by atoms with Crippen LogP contribution in [-0.4, -0.2) is 35.1 Å². The van der Waals surface area contributed by atoms with Gasteiger partial charge in [0.05, 0.1) is 0 Å². The minimum atomic E-state index is 0.642. The molecule has 1 aromatic rings. The maximum atomic E-state index is 3.48. The Kier molecular flexibility index (Phi) is 5.56. The first-order valence-electron chi connectivity index (χ1n) is 6.19. The van der Waals surface area contributed by atoms with Gasteiger partial charge >= 0.3 is 0 Å². The summed E-state index contributed by atoms with van der Waals surface area (Å²) in [7, 11) is 2.06. The Bertz CT molecular complexity index is 291. The van der Waals surface area contributed by atoms with E-state index in [2.05, 4.69) is 61.1 Å². The van der Waals surface area contributed by atoms with E-state index in [1.165, 1.54) is 5.56 Å². The quantitative estimate of drug-likeness (QED) is 0.712. The highest BCUT2D eigenvalue weighted by atomic mass is 15.2. The van der Waals surface area contributed by atoms with Gasteiger partial charge in [0.2, 0.25) is 0 Å². The van der Waals surface area contributed by atoms with Crippen molar-refractivity contribution in [1.29, 1.82) is 0 Å². The normalized spacial score (nSPS) is 11.6. The summed E-state index contributed by atoms with van der Waals surface area (Å²) in [4.78, 5) is 2.47. The average Bonchev–Trinajstić information content (AvgIpc) is 2.64. The highest BCUT2D eigenvalue weighted by Crippen LogP contribution is 1.99. The van der Waals surface area contributed by atoms with E-state index in [-0.39, 0.29) is 0 Å². The zero-order valence-corrected chi connectivity index (χ0v) is 11.0. The van der Waals surface area contributed by atoms with Crippen LogP contribution in [0.25, 0.3) is 0 Å². The third-order valence-corrected chi connectivity index (χ3v) is 2.93. The summed E-state index contributed by atoms with van der Waals surface area (Å²) >= 11 is 0. The molecule has 1 N–H and O–H groups in total. The maximum Gasteiger partial charge on any atom is 0.0221 e. The predicted molar refractivity (Wildman–Crippen MR) is 69.5 cm³/mol. The number of rotatable bonds is 7. The molecule has 0 saturated heterocycles. The van der Waals surface area contributed by atoms with E-state index in [0.29, 0.717) is 6.04 Å².